The molecule has 1 N–H and O–H groups in total. The van der Waals surface area contributed by atoms with Gasteiger partial charge in [-0.3, -0.25) is 9.69 Å². The third-order valence-corrected chi connectivity index (χ3v) is 4.55. The van der Waals surface area contributed by atoms with E-state index in [9.17, 15) is 9.90 Å². The lowest BCUT2D eigenvalue weighted by molar-refractivity contribution is 0.0833. The van der Waals surface area contributed by atoms with Gasteiger partial charge in [-0.15, -0.1) is 0 Å². The maximum Gasteiger partial charge on any atom is 0.178 e. The van der Waals surface area contributed by atoms with Crippen LogP contribution in [-0.4, -0.2) is 46.6 Å². The molecule has 2 heterocycles. The van der Waals surface area contributed by atoms with Crippen molar-refractivity contribution < 1.29 is 9.90 Å². The Hall–Kier alpha value is -1.13. The molecule has 0 bridgehead atoms. The number of aryl methyl sites for hydroxylation is 1. The normalized spacial score (nSPS) is 19.9. The second-order valence-corrected chi connectivity index (χ2v) is 6.29. The SMILES string of the molecule is CCCn1c(C)cc(C(=O)CN2CCCC(CO)C2)c1C. The fourth-order valence-electron chi connectivity index (χ4n) is 3.38. The van der Waals surface area contributed by atoms with Crippen molar-refractivity contribution in [1.29, 1.82) is 0 Å². The highest BCUT2D eigenvalue weighted by atomic mass is 16.3. The van der Waals surface area contributed by atoms with E-state index in [1.807, 2.05) is 13.0 Å². The second kappa shape index (κ2) is 7.23. The molecule has 1 aliphatic heterocycles. The molecule has 0 aliphatic carbocycles. The molecule has 1 fully saturated rings. The lowest BCUT2D eigenvalue weighted by Gasteiger charge is -2.31. The zero-order chi connectivity index (χ0) is 15.4. The maximum atomic E-state index is 12.6. The zero-order valence-electron chi connectivity index (χ0n) is 13.6. The maximum absolute atomic E-state index is 12.6. The molecule has 1 aliphatic rings. The Kier molecular flexibility index (Phi) is 5.59. The van der Waals surface area contributed by atoms with Crippen LogP contribution in [0.5, 0.6) is 0 Å². The molecule has 1 saturated heterocycles. The third kappa shape index (κ3) is 3.74. The lowest BCUT2D eigenvalue weighted by Crippen LogP contribution is -2.39. The minimum atomic E-state index is 0.212. The number of nitrogens with zero attached hydrogens (tertiary/aromatic N) is 2. The van der Waals surface area contributed by atoms with Crippen LogP contribution >= 0.6 is 0 Å². The monoisotopic (exact) mass is 292 g/mol. The third-order valence-electron chi connectivity index (χ3n) is 4.55. The molecule has 1 aromatic rings. The number of ketones is 1. The number of hydrogen-bond acceptors (Lipinski definition) is 3. The predicted molar refractivity (Wildman–Crippen MR) is 84.8 cm³/mol. The molecule has 2 rings (SSSR count). The van der Waals surface area contributed by atoms with Gasteiger partial charge in [-0.2, -0.15) is 0 Å². The summed E-state index contributed by atoms with van der Waals surface area (Å²) in [7, 11) is 0. The van der Waals surface area contributed by atoms with E-state index in [0.717, 1.165) is 50.2 Å². The van der Waals surface area contributed by atoms with Gasteiger partial charge in [0, 0.05) is 36.6 Å². The zero-order valence-corrected chi connectivity index (χ0v) is 13.6. The Morgan fingerprint density at radius 2 is 2.19 bits per heavy atom. The number of rotatable bonds is 6. The van der Waals surface area contributed by atoms with Crippen LogP contribution < -0.4 is 0 Å². The molecule has 0 aromatic carbocycles. The number of aromatic nitrogens is 1. The van der Waals surface area contributed by atoms with Crippen LogP contribution in [0.4, 0.5) is 0 Å². The Balaban J connectivity index is 2.05. The van der Waals surface area contributed by atoms with Crippen molar-refractivity contribution in [2.45, 2.75) is 46.6 Å². The first kappa shape index (κ1) is 16.2. The summed E-state index contributed by atoms with van der Waals surface area (Å²) in [5.41, 5.74) is 3.13. The van der Waals surface area contributed by atoms with Crippen LogP contribution in [0.2, 0.25) is 0 Å². The molecular formula is C17H28N2O2. The first-order chi connectivity index (χ1) is 10.1. The number of piperidine rings is 1. The molecule has 0 radical (unpaired) electrons. The molecule has 21 heavy (non-hydrogen) atoms. The Labute approximate surface area is 127 Å². The van der Waals surface area contributed by atoms with E-state index in [1.165, 1.54) is 5.69 Å². The summed E-state index contributed by atoms with van der Waals surface area (Å²) in [4.78, 5) is 14.8. The van der Waals surface area contributed by atoms with E-state index in [2.05, 4.69) is 23.3 Å². The van der Waals surface area contributed by atoms with E-state index in [1.54, 1.807) is 0 Å². The van der Waals surface area contributed by atoms with Crippen molar-refractivity contribution >= 4 is 5.78 Å². The molecule has 118 valence electrons. The lowest BCUT2D eigenvalue weighted by atomic mass is 9.98. The van der Waals surface area contributed by atoms with Crippen LogP contribution in [0.1, 0.15) is 47.9 Å². The van der Waals surface area contributed by atoms with Gasteiger partial charge in [0.05, 0.1) is 6.54 Å². The summed E-state index contributed by atoms with van der Waals surface area (Å²) in [6, 6.07) is 2.03. The molecular weight excluding hydrogens is 264 g/mol. The molecule has 1 unspecified atom stereocenters. The van der Waals surface area contributed by atoms with Crippen molar-refractivity contribution in [3.05, 3.63) is 23.0 Å². The summed E-state index contributed by atoms with van der Waals surface area (Å²) in [6.45, 7) is 9.77. The minimum Gasteiger partial charge on any atom is -0.396 e. The standard InChI is InChI=1S/C17H28N2O2/c1-4-7-19-13(2)9-16(14(19)3)17(21)11-18-8-5-6-15(10-18)12-20/h9,15,20H,4-8,10-12H2,1-3H3. The number of carbonyl (C=O) groups is 1. The Bertz CT molecular complexity index is 493. The summed E-state index contributed by atoms with van der Waals surface area (Å²) >= 11 is 0. The predicted octanol–water partition coefficient (Wildman–Crippen LogP) is 2.40. The van der Waals surface area contributed by atoms with Gasteiger partial charge in [0.15, 0.2) is 5.78 Å². The van der Waals surface area contributed by atoms with Gasteiger partial charge in [0.2, 0.25) is 0 Å². The van der Waals surface area contributed by atoms with Gasteiger partial charge in [0.1, 0.15) is 0 Å². The van der Waals surface area contributed by atoms with E-state index >= 15 is 0 Å². The van der Waals surface area contributed by atoms with Gasteiger partial charge < -0.3 is 9.67 Å². The van der Waals surface area contributed by atoms with Crippen LogP contribution in [0.25, 0.3) is 0 Å². The highest BCUT2D eigenvalue weighted by molar-refractivity contribution is 5.99. The van der Waals surface area contributed by atoms with Gasteiger partial charge in [-0.25, -0.2) is 0 Å². The van der Waals surface area contributed by atoms with Crippen LogP contribution in [0, 0.1) is 19.8 Å². The topological polar surface area (TPSA) is 45.5 Å². The summed E-state index contributed by atoms with van der Waals surface area (Å²) in [6.07, 6.45) is 3.23. The van der Waals surface area contributed by atoms with Crippen LogP contribution in [0.3, 0.4) is 0 Å². The second-order valence-electron chi connectivity index (χ2n) is 6.29. The van der Waals surface area contributed by atoms with E-state index < -0.39 is 0 Å². The fourth-order valence-corrected chi connectivity index (χ4v) is 3.38. The highest BCUT2D eigenvalue weighted by Gasteiger charge is 2.23. The quantitative estimate of drug-likeness (QED) is 0.819. The Morgan fingerprint density at radius 1 is 1.43 bits per heavy atom. The number of aliphatic hydroxyl groups excluding tert-OH is 1. The first-order valence-corrected chi connectivity index (χ1v) is 8.10. The van der Waals surface area contributed by atoms with Crippen molar-refractivity contribution in [3.63, 3.8) is 0 Å². The summed E-state index contributed by atoms with van der Waals surface area (Å²) in [5, 5.41) is 9.29. The molecule has 4 nitrogen and oxygen atoms in total. The molecule has 1 atom stereocenters. The number of aliphatic hydroxyl groups is 1. The van der Waals surface area contributed by atoms with E-state index in [4.69, 9.17) is 0 Å². The van der Waals surface area contributed by atoms with Crippen LogP contribution in [-0.2, 0) is 6.54 Å². The molecule has 0 saturated carbocycles. The number of hydrogen-bond donors (Lipinski definition) is 1. The Morgan fingerprint density at radius 3 is 2.86 bits per heavy atom. The van der Waals surface area contributed by atoms with Crippen LogP contribution in [0.15, 0.2) is 6.07 Å². The number of likely N-dealkylation sites (tertiary alicyclic amines) is 1. The molecule has 4 heteroatoms. The molecule has 0 amide bonds. The highest BCUT2D eigenvalue weighted by Crippen LogP contribution is 2.19. The van der Waals surface area contributed by atoms with Crippen molar-refractivity contribution in [2.24, 2.45) is 5.92 Å². The average Bonchev–Trinajstić information content (AvgIpc) is 2.76. The summed E-state index contributed by atoms with van der Waals surface area (Å²) < 4.78 is 2.24. The van der Waals surface area contributed by atoms with Crippen molar-refractivity contribution in [3.8, 4) is 0 Å². The van der Waals surface area contributed by atoms with Gasteiger partial charge in [0.25, 0.3) is 0 Å². The van der Waals surface area contributed by atoms with Crippen molar-refractivity contribution in [2.75, 3.05) is 26.2 Å². The largest absolute Gasteiger partial charge is 0.396 e. The smallest absolute Gasteiger partial charge is 0.178 e. The average molecular weight is 292 g/mol. The van der Waals surface area contributed by atoms with E-state index in [0.29, 0.717) is 12.5 Å². The molecule has 1 aromatic heterocycles. The fraction of sp³-hybridized carbons (Fsp3) is 0.706. The molecule has 0 spiro atoms. The first-order valence-electron chi connectivity index (χ1n) is 8.10. The van der Waals surface area contributed by atoms with Gasteiger partial charge >= 0.3 is 0 Å². The van der Waals surface area contributed by atoms with E-state index in [-0.39, 0.29) is 12.4 Å². The summed E-state index contributed by atoms with van der Waals surface area (Å²) in [5.74, 6) is 0.545. The van der Waals surface area contributed by atoms with Gasteiger partial charge in [-0.1, -0.05) is 6.92 Å². The van der Waals surface area contributed by atoms with Crippen molar-refractivity contribution in [1.82, 2.24) is 9.47 Å². The minimum absolute atomic E-state index is 0.212. The van der Waals surface area contributed by atoms with Gasteiger partial charge in [-0.05, 0) is 51.6 Å². The number of Topliss-reactive ketones (excluding diaryl/α,β-unsaturated/α-hetero) is 1. The number of carbonyl (C=O) groups excluding carboxylic acids is 1.